The summed E-state index contributed by atoms with van der Waals surface area (Å²) in [6.45, 7) is 1.79. The summed E-state index contributed by atoms with van der Waals surface area (Å²) in [4.78, 5) is 19.3. The van der Waals surface area contributed by atoms with Crippen LogP contribution >= 0.6 is 0 Å². The molecule has 0 unspecified atom stereocenters. The Bertz CT molecular complexity index is 780. The van der Waals surface area contributed by atoms with Crippen LogP contribution in [-0.2, 0) is 11.2 Å². The maximum absolute atomic E-state index is 10.9. The van der Waals surface area contributed by atoms with Gasteiger partial charge in [0.05, 0.1) is 23.5 Å². The smallest absolute Gasteiger partial charge is 0.309 e. The third-order valence-corrected chi connectivity index (χ3v) is 3.05. The summed E-state index contributed by atoms with van der Waals surface area (Å²) in [5.41, 5.74) is 3.53. The Kier molecular flexibility index (Phi) is 2.90. The van der Waals surface area contributed by atoms with Crippen molar-refractivity contribution in [1.82, 2.24) is 19.6 Å². The first kappa shape index (κ1) is 12.3. The highest BCUT2D eigenvalue weighted by molar-refractivity contribution is 5.70. The molecule has 0 aromatic carbocycles. The van der Waals surface area contributed by atoms with E-state index < -0.39 is 5.97 Å². The number of aliphatic carboxylic acids is 1. The van der Waals surface area contributed by atoms with Crippen LogP contribution in [0.3, 0.4) is 0 Å². The van der Waals surface area contributed by atoms with E-state index >= 15 is 0 Å². The zero-order valence-corrected chi connectivity index (χ0v) is 10.8. The van der Waals surface area contributed by atoms with Crippen molar-refractivity contribution in [1.29, 1.82) is 0 Å². The Hall–Kier alpha value is -2.76. The number of carboxylic acids is 1. The van der Waals surface area contributed by atoms with Crippen molar-refractivity contribution in [3.63, 3.8) is 0 Å². The van der Waals surface area contributed by atoms with Gasteiger partial charge in [0.2, 0.25) is 0 Å². The van der Waals surface area contributed by atoms with Crippen LogP contribution in [0.15, 0.2) is 36.7 Å². The predicted molar refractivity (Wildman–Crippen MR) is 72.3 cm³/mol. The largest absolute Gasteiger partial charge is 0.481 e. The predicted octanol–water partition coefficient (Wildman–Crippen LogP) is 1.73. The number of hydrogen-bond acceptors (Lipinski definition) is 4. The lowest BCUT2D eigenvalue weighted by Gasteiger charge is -2.03. The summed E-state index contributed by atoms with van der Waals surface area (Å²) in [5, 5.41) is 13.4. The van der Waals surface area contributed by atoms with E-state index in [0.29, 0.717) is 17.0 Å². The van der Waals surface area contributed by atoms with Gasteiger partial charge in [-0.05, 0) is 31.2 Å². The van der Waals surface area contributed by atoms with Gasteiger partial charge in [0.1, 0.15) is 0 Å². The quantitative estimate of drug-likeness (QED) is 0.782. The Morgan fingerprint density at radius 2 is 2.20 bits per heavy atom. The molecular formula is C14H12N4O2. The third-order valence-electron chi connectivity index (χ3n) is 3.05. The molecule has 0 atom stereocenters. The molecule has 0 bridgehead atoms. The highest BCUT2D eigenvalue weighted by Crippen LogP contribution is 2.18. The molecule has 0 radical (unpaired) electrons. The molecule has 0 saturated carbocycles. The average Bonchev–Trinajstić information content (AvgIpc) is 2.75. The number of aryl methyl sites for hydroxylation is 1. The topological polar surface area (TPSA) is 80.4 Å². The number of rotatable bonds is 3. The second-order valence-electron chi connectivity index (χ2n) is 4.44. The molecule has 20 heavy (non-hydrogen) atoms. The minimum atomic E-state index is -0.900. The Morgan fingerprint density at radius 1 is 1.35 bits per heavy atom. The van der Waals surface area contributed by atoms with E-state index in [2.05, 4.69) is 15.1 Å². The van der Waals surface area contributed by atoms with Crippen molar-refractivity contribution >= 4 is 11.6 Å². The maximum Gasteiger partial charge on any atom is 0.309 e. The standard InChI is InChI=1S/C14H12N4O2/c1-9-12(7-14(19)20)18-13(16-9)5-4-11(17-18)10-3-2-6-15-8-10/h2-6,8H,7H2,1H3,(H,19,20). The maximum atomic E-state index is 10.9. The lowest BCUT2D eigenvalue weighted by Crippen LogP contribution is -2.07. The number of hydrogen-bond donors (Lipinski definition) is 1. The molecule has 100 valence electrons. The number of pyridine rings is 1. The van der Waals surface area contributed by atoms with E-state index in [0.717, 1.165) is 11.3 Å². The van der Waals surface area contributed by atoms with Crippen LogP contribution in [0, 0.1) is 6.92 Å². The molecule has 0 aliphatic rings. The molecule has 6 nitrogen and oxygen atoms in total. The van der Waals surface area contributed by atoms with Gasteiger partial charge in [-0.3, -0.25) is 9.78 Å². The van der Waals surface area contributed by atoms with Crippen molar-refractivity contribution in [3.05, 3.63) is 48.0 Å². The molecule has 0 amide bonds. The van der Waals surface area contributed by atoms with Crippen LogP contribution in [-0.4, -0.2) is 30.7 Å². The van der Waals surface area contributed by atoms with Gasteiger partial charge in [-0.25, -0.2) is 9.50 Å². The van der Waals surface area contributed by atoms with Gasteiger partial charge in [0, 0.05) is 18.0 Å². The lowest BCUT2D eigenvalue weighted by molar-refractivity contribution is -0.136. The molecule has 0 saturated heterocycles. The van der Waals surface area contributed by atoms with E-state index in [1.54, 1.807) is 23.8 Å². The number of carbonyl (C=O) groups is 1. The molecule has 0 spiro atoms. The van der Waals surface area contributed by atoms with Crippen molar-refractivity contribution in [2.24, 2.45) is 0 Å². The molecular weight excluding hydrogens is 256 g/mol. The summed E-state index contributed by atoms with van der Waals surface area (Å²) in [5.74, 6) is -0.900. The van der Waals surface area contributed by atoms with Gasteiger partial charge in [-0.1, -0.05) is 0 Å². The van der Waals surface area contributed by atoms with Crippen molar-refractivity contribution in [2.75, 3.05) is 0 Å². The Labute approximate surface area is 114 Å². The fraction of sp³-hybridized carbons (Fsp3) is 0.143. The van der Waals surface area contributed by atoms with Crippen LogP contribution in [0.4, 0.5) is 0 Å². The van der Waals surface area contributed by atoms with Crippen LogP contribution < -0.4 is 0 Å². The highest BCUT2D eigenvalue weighted by Gasteiger charge is 2.14. The summed E-state index contributed by atoms with van der Waals surface area (Å²) in [7, 11) is 0. The van der Waals surface area contributed by atoms with Gasteiger partial charge in [0.25, 0.3) is 0 Å². The molecule has 0 aliphatic carbocycles. The number of aromatic nitrogens is 4. The zero-order chi connectivity index (χ0) is 14.1. The molecule has 3 aromatic heterocycles. The SMILES string of the molecule is Cc1nc2ccc(-c3cccnc3)nn2c1CC(=O)O. The zero-order valence-electron chi connectivity index (χ0n) is 10.8. The van der Waals surface area contributed by atoms with Gasteiger partial charge in [-0.2, -0.15) is 5.10 Å². The van der Waals surface area contributed by atoms with Crippen molar-refractivity contribution in [2.45, 2.75) is 13.3 Å². The molecule has 0 aliphatic heterocycles. The minimum Gasteiger partial charge on any atom is -0.481 e. The van der Waals surface area contributed by atoms with E-state index in [-0.39, 0.29) is 6.42 Å². The number of carboxylic acid groups (broad SMARTS) is 1. The first-order valence-corrected chi connectivity index (χ1v) is 6.12. The molecule has 1 N–H and O–H groups in total. The van der Waals surface area contributed by atoms with E-state index in [1.807, 2.05) is 24.3 Å². The van der Waals surface area contributed by atoms with Gasteiger partial charge in [0.15, 0.2) is 5.65 Å². The first-order chi connectivity index (χ1) is 9.65. The fourth-order valence-electron chi connectivity index (χ4n) is 2.10. The highest BCUT2D eigenvalue weighted by atomic mass is 16.4. The Morgan fingerprint density at radius 3 is 2.90 bits per heavy atom. The monoisotopic (exact) mass is 268 g/mol. The normalized spacial score (nSPS) is 10.8. The second kappa shape index (κ2) is 4.73. The lowest BCUT2D eigenvalue weighted by atomic mass is 10.2. The minimum absolute atomic E-state index is 0.101. The van der Waals surface area contributed by atoms with Crippen LogP contribution in [0.5, 0.6) is 0 Å². The van der Waals surface area contributed by atoms with Gasteiger partial charge in [-0.15, -0.1) is 0 Å². The number of fused-ring (bicyclic) bond motifs is 1. The van der Waals surface area contributed by atoms with Crippen LogP contribution in [0.25, 0.3) is 16.9 Å². The average molecular weight is 268 g/mol. The first-order valence-electron chi connectivity index (χ1n) is 6.12. The number of nitrogens with zero attached hydrogens (tertiary/aromatic N) is 4. The van der Waals surface area contributed by atoms with E-state index in [9.17, 15) is 4.79 Å². The second-order valence-corrected chi connectivity index (χ2v) is 4.44. The summed E-state index contributed by atoms with van der Waals surface area (Å²) < 4.78 is 1.59. The van der Waals surface area contributed by atoms with E-state index in [4.69, 9.17) is 5.11 Å². The molecule has 6 heteroatoms. The van der Waals surface area contributed by atoms with Gasteiger partial charge >= 0.3 is 5.97 Å². The summed E-state index contributed by atoms with van der Waals surface area (Å²) in [6.07, 6.45) is 3.31. The van der Waals surface area contributed by atoms with Gasteiger partial charge < -0.3 is 5.11 Å². The molecule has 0 fully saturated rings. The third kappa shape index (κ3) is 2.11. The van der Waals surface area contributed by atoms with E-state index in [1.165, 1.54) is 0 Å². The molecule has 3 aromatic rings. The van der Waals surface area contributed by atoms with Crippen LogP contribution in [0.1, 0.15) is 11.4 Å². The van der Waals surface area contributed by atoms with Crippen molar-refractivity contribution in [3.8, 4) is 11.3 Å². The number of imidazole rings is 1. The summed E-state index contributed by atoms with van der Waals surface area (Å²) in [6, 6.07) is 7.41. The molecule has 3 rings (SSSR count). The Balaban J connectivity index is 2.17. The van der Waals surface area contributed by atoms with Crippen LogP contribution in [0.2, 0.25) is 0 Å². The van der Waals surface area contributed by atoms with Crippen molar-refractivity contribution < 1.29 is 9.90 Å². The fourth-order valence-corrected chi connectivity index (χ4v) is 2.10. The summed E-state index contributed by atoms with van der Waals surface area (Å²) >= 11 is 0. The molecule has 3 heterocycles.